The molecule has 2 aliphatic rings. The third-order valence-corrected chi connectivity index (χ3v) is 6.20. The first kappa shape index (κ1) is 25.3. The quantitative estimate of drug-likeness (QED) is 0.546. The SMILES string of the molecule is COC(=O)C1=C(C(=O)OC)N(c2cc(C(=O)NC3CC3)ccc2OC)C(N)=C(C#N)C1c1ccccc1. The zero-order chi connectivity index (χ0) is 26.7. The Morgan fingerprint density at radius 1 is 1.03 bits per heavy atom. The number of nitrogens with zero attached hydrogens (tertiary/aromatic N) is 2. The number of carbonyl (C=O) groups is 3. The van der Waals surface area contributed by atoms with Gasteiger partial charge in [0.2, 0.25) is 0 Å². The molecule has 1 atom stereocenters. The van der Waals surface area contributed by atoms with Gasteiger partial charge in [-0.15, -0.1) is 0 Å². The summed E-state index contributed by atoms with van der Waals surface area (Å²) in [5, 5.41) is 13.1. The second kappa shape index (κ2) is 10.5. The summed E-state index contributed by atoms with van der Waals surface area (Å²) < 4.78 is 15.6. The van der Waals surface area contributed by atoms with Crippen LogP contribution in [0.15, 0.2) is 71.2 Å². The normalized spacial score (nSPS) is 17.1. The number of nitrogens with two attached hydrogens (primary N) is 1. The van der Waals surface area contributed by atoms with E-state index in [1.165, 1.54) is 25.2 Å². The summed E-state index contributed by atoms with van der Waals surface area (Å²) in [6.07, 6.45) is 1.81. The van der Waals surface area contributed by atoms with Gasteiger partial charge in [-0.1, -0.05) is 30.3 Å². The topological polar surface area (TPSA) is 144 Å². The first-order valence-electron chi connectivity index (χ1n) is 11.5. The number of esters is 2. The van der Waals surface area contributed by atoms with Crippen LogP contribution in [0.25, 0.3) is 0 Å². The lowest BCUT2D eigenvalue weighted by Gasteiger charge is -2.36. The van der Waals surface area contributed by atoms with E-state index in [-0.39, 0.29) is 51.6 Å². The van der Waals surface area contributed by atoms with Crippen LogP contribution in [0.2, 0.25) is 0 Å². The number of carbonyl (C=O) groups excluding carboxylic acids is 3. The molecule has 2 aromatic carbocycles. The van der Waals surface area contributed by atoms with Gasteiger partial charge in [0.25, 0.3) is 5.91 Å². The van der Waals surface area contributed by atoms with Gasteiger partial charge < -0.3 is 25.3 Å². The maximum atomic E-state index is 13.3. The molecule has 0 aromatic heterocycles. The zero-order valence-corrected chi connectivity index (χ0v) is 20.6. The number of benzene rings is 2. The summed E-state index contributed by atoms with van der Waals surface area (Å²) >= 11 is 0. The minimum atomic E-state index is -1.00. The summed E-state index contributed by atoms with van der Waals surface area (Å²) in [5.74, 6) is -2.94. The molecule has 37 heavy (non-hydrogen) atoms. The molecule has 1 saturated carbocycles. The Labute approximate surface area is 213 Å². The Bertz CT molecular complexity index is 1350. The van der Waals surface area contributed by atoms with Crippen molar-refractivity contribution >= 4 is 23.5 Å². The fourth-order valence-electron chi connectivity index (χ4n) is 4.27. The molecule has 4 rings (SSSR count). The van der Waals surface area contributed by atoms with E-state index >= 15 is 0 Å². The molecule has 1 amide bonds. The van der Waals surface area contributed by atoms with Gasteiger partial charge >= 0.3 is 11.9 Å². The Morgan fingerprint density at radius 2 is 1.70 bits per heavy atom. The van der Waals surface area contributed by atoms with Crippen molar-refractivity contribution in [1.82, 2.24) is 5.32 Å². The summed E-state index contributed by atoms with van der Waals surface area (Å²) in [6, 6.07) is 15.5. The molecule has 0 bridgehead atoms. The van der Waals surface area contributed by atoms with Crippen molar-refractivity contribution in [2.45, 2.75) is 24.8 Å². The van der Waals surface area contributed by atoms with E-state index in [0.29, 0.717) is 5.56 Å². The molecule has 0 saturated heterocycles. The third kappa shape index (κ3) is 4.71. The lowest BCUT2D eigenvalue weighted by atomic mass is 9.81. The van der Waals surface area contributed by atoms with Crippen LogP contribution in [0, 0.1) is 11.3 Å². The first-order chi connectivity index (χ1) is 17.9. The first-order valence-corrected chi connectivity index (χ1v) is 11.5. The van der Waals surface area contributed by atoms with Gasteiger partial charge in [-0.25, -0.2) is 9.59 Å². The van der Waals surface area contributed by atoms with Crippen molar-refractivity contribution in [1.29, 1.82) is 5.26 Å². The van der Waals surface area contributed by atoms with Gasteiger partial charge in [-0.05, 0) is 36.6 Å². The van der Waals surface area contributed by atoms with Crippen LogP contribution in [0.1, 0.15) is 34.7 Å². The average Bonchev–Trinajstić information content (AvgIpc) is 3.75. The van der Waals surface area contributed by atoms with Crippen molar-refractivity contribution in [3.8, 4) is 11.8 Å². The summed E-state index contributed by atoms with van der Waals surface area (Å²) in [6.45, 7) is 0. The van der Waals surface area contributed by atoms with E-state index in [1.54, 1.807) is 42.5 Å². The largest absolute Gasteiger partial charge is 0.495 e. The number of methoxy groups -OCH3 is 3. The highest BCUT2D eigenvalue weighted by atomic mass is 16.5. The molecule has 1 unspecified atom stereocenters. The number of amides is 1. The number of ether oxygens (including phenoxy) is 3. The van der Waals surface area contributed by atoms with Crippen LogP contribution in [0.3, 0.4) is 0 Å². The Balaban J connectivity index is 2.01. The number of nitrogens with one attached hydrogen (secondary N) is 1. The predicted molar refractivity (Wildman–Crippen MR) is 133 cm³/mol. The monoisotopic (exact) mass is 502 g/mol. The number of hydrogen-bond acceptors (Lipinski definition) is 9. The van der Waals surface area contributed by atoms with E-state index in [2.05, 4.69) is 11.4 Å². The molecule has 1 fully saturated rings. The van der Waals surface area contributed by atoms with Crippen LogP contribution in [-0.4, -0.2) is 45.2 Å². The van der Waals surface area contributed by atoms with Gasteiger partial charge in [-0.3, -0.25) is 9.69 Å². The molecule has 3 N–H and O–H groups in total. The number of allylic oxidation sites excluding steroid dienone is 1. The summed E-state index contributed by atoms with van der Waals surface area (Å²) in [4.78, 5) is 40.5. The van der Waals surface area contributed by atoms with E-state index in [0.717, 1.165) is 20.0 Å². The molecule has 1 aliphatic heterocycles. The average molecular weight is 503 g/mol. The van der Waals surface area contributed by atoms with Crippen molar-refractivity contribution in [3.05, 3.63) is 82.3 Å². The number of hydrogen-bond donors (Lipinski definition) is 2. The van der Waals surface area contributed by atoms with Gasteiger partial charge in [-0.2, -0.15) is 5.26 Å². The Morgan fingerprint density at radius 3 is 2.27 bits per heavy atom. The van der Waals surface area contributed by atoms with Gasteiger partial charge in [0.15, 0.2) is 0 Å². The van der Waals surface area contributed by atoms with Crippen LogP contribution < -0.4 is 20.7 Å². The highest BCUT2D eigenvalue weighted by Crippen LogP contribution is 2.45. The smallest absolute Gasteiger partial charge is 0.355 e. The minimum Gasteiger partial charge on any atom is -0.495 e. The maximum absolute atomic E-state index is 13.3. The zero-order valence-electron chi connectivity index (χ0n) is 20.6. The fourth-order valence-corrected chi connectivity index (χ4v) is 4.27. The molecule has 1 aliphatic carbocycles. The highest BCUT2D eigenvalue weighted by molar-refractivity contribution is 6.07. The van der Waals surface area contributed by atoms with Crippen LogP contribution in [0.5, 0.6) is 5.75 Å². The van der Waals surface area contributed by atoms with Crippen LogP contribution >= 0.6 is 0 Å². The highest BCUT2D eigenvalue weighted by Gasteiger charge is 2.43. The molecule has 190 valence electrons. The molecule has 2 aromatic rings. The molecule has 10 nitrogen and oxygen atoms in total. The van der Waals surface area contributed by atoms with E-state index < -0.39 is 17.9 Å². The summed E-state index contributed by atoms with van der Waals surface area (Å²) in [5.41, 5.74) is 7.17. The maximum Gasteiger partial charge on any atom is 0.355 e. The van der Waals surface area contributed by atoms with Crippen molar-refractivity contribution in [3.63, 3.8) is 0 Å². The minimum absolute atomic E-state index is 0.00846. The molecular weight excluding hydrogens is 476 g/mol. The number of nitriles is 1. The number of anilines is 1. The Hall–Kier alpha value is -4.78. The predicted octanol–water partition coefficient (Wildman–Crippen LogP) is 2.49. The van der Waals surface area contributed by atoms with Gasteiger partial charge in [0.1, 0.15) is 17.3 Å². The molecule has 1 heterocycles. The molecule has 10 heteroatoms. The lowest BCUT2D eigenvalue weighted by Crippen LogP contribution is -2.41. The van der Waals surface area contributed by atoms with Crippen LogP contribution in [0.4, 0.5) is 5.69 Å². The second-order valence-electron chi connectivity index (χ2n) is 8.47. The molecular formula is C27H26N4O6. The van der Waals surface area contributed by atoms with E-state index in [1.807, 2.05) is 0 Å². The van der Waals surface area contributed by atoms with E-state index in [9.17, 15) is 19.6 Å². The van der Waals surface area contributed by atoms with Crippen molar-refractivity contribution in [2.75, 3.05) is 26.2 Å². The molecule has 0 spiro atoms. The molecule has 0 radical (unpaired) electrons. The van der Waals surface area contributed by atoms with Gasteiger partial charge in [0, 0.05) is 11.6 Å². The Kier molecular flexibility index (Phi) is 7.15. The second-order valence-corrected chi connectivity index (χ2v) is 8.47. The fraction of sp³-hybridized carbons (Fsp3) is 0.259. The van der Waals surface area contributed by atoms with Crippen molar-refractivity contribution < 1.29 is 28.6 Å². The van der Waals surface area contributed by atoms with Crippen molar-refractivity contribution in [2.24, 2.45) is 5.73 Å². The lowest BCUT2D eigenvalue weighted by molar-refractivity contribution is -0.139. The van der Waals surface area contributed by atoms with E-state index in [4.69, 9.17) is 19.9 Å². The third-order valence-electron chi connectivity index (χ3n) is 6.20. The standard InChI is InChI=1S/C27H26N4O6/c1-35-20-12-9-16(25(32)30-17-10-11-17)13-19(20)31-23(27(34)37-3)22(26(33)36-2)21(18(14-28)24(31)29)15-7-5-4-6-8-15/h4-9,12-13,17,21H,10-11,29H2,1-3H3,(H,30,32). The van der Waals surface area contributed by atoms with Gasteiger partial charge in [0.05, 0.1) is 50.2 Å². The summed E-state index contributed by atoms with van der Waals surface area (Å²) in [7, 11) is 3.75. The number of rotatable bonds is 7. The van der Waals surface area contributed by atoms with Crippen LogP contribution in [-0.2, 0) is 19.1 Å².